The van der Waals surface area contributed by atoms with Crippen LogP contribution in [0.15, 0.2) is 53.1 Å². The highest BCUT2D eigenvalue weighted by Crippen LogP contribution is 2.22. The molecule has 0 spiro atoms. The first-order valence-electron chi connectivity index (χ1n) is 6.39. The fraction of sp³-hybridized carbons (Fsp3) is 0.188. The van der Waals surface area contributed by atoms with Gasteiger partial charge in [-0.25, -0.2) is 0 Å². The quantitative estimate of drug-likeness (QED) is 0.702. The normalized spacial score (nSPS) is 11.1. The van der Waals surface area contributed by atoms with Crippen LogP contribution >= 0.6 is 15.9 Å². The van der Waals surface area contributed by atoms with Gasteiger partial charge in [0.2, 0.25) is 0 Å². The molecule has 0 amide bonds. The lowest BCUT2D eigenvalue weighted by molar-refractivity contribution is 0.621. The van der Waals surface area contributed by atoms with Crippen LogP contribution in [-0.2, 0) is 13.0 Å². The second-order valence-electron chi connectivity index (χ2n) is 4.80. The lowest BCUT2D eigenvalue weighted by atomic mass is 10.1. The fourth-order valence-corrected chi connectivity index (χ4v) is 2.63. The molecule has 0 atom stereocenters. The molecule has 0 saturated carbocycles. The number of aromatic nitrogens is 2. The van der Waals surface area contributed by atoms with Crippen molar-refractivity contribution in [1.29, 1.82) is 0 Å². The van der Waals surface area contributed by atoms with E-state index in [1.807, 2.05) is 22.9 Å². The van der Waals surface area contributed by atoms with Crippen molar-refractivity contribution in [3.63, 3.8) is 0 Å². The number of hydrogen-bond acceptors (Lipinski definition) is 1. The standard InChI is InChI=1S/C16H15BrN2/c1-12-5-7-13(8-6-12)9-10-19-11-14-15(17)3-2-4-16(14)18-19/h2-8,11H,9-10H2,1H3. The SMILES string of the molecule is Cc1ccc(CCn2cc3c(Br)cccc3n2)cc1. The number of fused-ring (bicyclic) bond motifs is 1. The maximum absolute atomic E-state index is 4.59. The molecule has 3 aromatic rings. The molecule has 96 valence electrons. The van der Waals surface area contributed by atoms with Gasteiger partial charge in [-0.1, -0.05) is 51.8 Å². The Morgan fingerprint density at radius 2 is 1.89 bits per heavy atom. The molecular weight excluding hydrogens is 300 g/mol. The molecule has 19 heavy (non-hydrogen) atoms. The molecule has 0 radical (unpaired) electrons. The van der Waals surface area contributed by atoms with Gasteiger partial charge in [-0.05, 0) is 31.0 Å². The molecular formula is C16H15BrN2. The minimum atomic E-state index is 0.907. The van der Waals surface area contributed by atoms with Gasteiger partial charge in [-0.15, -0.1) is 0 Å². The first-order chi connectivity index (χ1) is 9.22. The van der Waals surface area contributed by atoms with Crippen LogP contribution in [0, 0.1) is 6.92 Å². The van der Waals surface area contributed by atoms with Crippen molar-refractivity contribution >= 4 is 26.8 Å². The number of rotatable bonds is 3. The molecule has 0 fully saturated rings. The van der Waals surface area contributed by atoms with Crippen molar-refractivity contribution in [2.75, 3.05) is 0 Å². The van der Waals surface area contributed by atoms with Crippen LogP contribution in [0.5, 0.6) is 0 Å². The molecule has 0 aliphatic rings. The Hall–Kier alpha value is -1.61. The molecule has 0 N–H and O–H groups in total. The van der Waals surface area contributed by atoms with Crippen molar-refractivity contribution in [2.24, 2.45) is 0 Å². The maximum Gasteiger partial charge on any atom is 0.0934 e. The molecule has 3 heteroatoms. The zero-order valence-corrected chi connectivity index (χ0v) is 12.4. The minimum Gasteiger partial charge on any atom is -0.271 e. The van der Waals surface area contributed by atoms with Gasteiger partial charge in [0.05, 0.1) is 5.52 Å². The zero-order chi connectivity index (χ0) is 13.2. The van der Waals surface area contributed by atoms with Crippen molar-refractivity contribution in [1.82, 2.24) is 9.78 Å². The number of hydrogen-bond donors (Lipinski definition) is 0. The van der Waals surface area contributed by atoms with E-state index in [1.165, 1.54) is 16.5 Å². The Labute approximate surface area is 121 Å². The minimum absolute atomic E-state index is 0.907. The van der Waals surface area contributed by atoms with Crippen molar-refractivity contribution < 1.29 is 0 Å². The molecule has 1 aromatic heterocycles. The smallest absolute Gasteiger partial charge is 0.0934 e. The molecule has 0 bridgehead atoms. The number of halogens is 1. The predicted octanol–water partition coefficient (Wildman–Crippen LogP) is 4.35. The Bertz CT molecular complexity index is 698. The summed E-state index contributed by atoms with van der Waals surface area (Å²) in [6, 6.07) is 14.8. The highest BCUT2D eigenvalue weighted by molar-refractivity contribution is 9.10. The van der Waals surface area contributed by atoms with Crippen molar-refractivity contribution in [3.05, 3.63) is 64.3 Å². The van der Waals surface area contributed by atoms with E-state index in [0.29, 0.717) is 0 Å². The Balaban J connectivity index is 1.78. The van der Waals surface area contributed by atoms with Gasteiger partial charge in [0.1, 0.15) is 0 Å². The third kappa shape index (κ3) is 2.71. The third-order valence-electron chi connectivity index (χ3n) is 3.29. The van der Waals surface area contributed by atoms with E-state index >= 15 is 0 Å². The van der Waals surface area contributed by atoms with Gasteiger partial charge in [-0.2, -0.15) is 5.10 Å². The van der Waals surface area contributed by atoms with E-state index in [2.05, 4.69) is 58.4 Å². The van der Waals surface area contributed by atoms with Crippen LogP contribution in [-0.4, -0.2) is 9.78 Å². The summed E-state index contributed by atoms with van der Waals surface area (Å²) in [5.74, 6) is 0. The fourth-order valence-electron chi connectivity index (χ4n) is 2.17. The topological polar surface area (TPSA) is 17.8 Å². The number of aryl methyl sites for hydroxylation is 3. The lowest BCUT2D eigenvalue weighted by Crippen LogP contribution is -2.01. The second-order valence-corrected chi connectivity index (χ2v) is 5.65. The largest absolute Gasteiger partial charge is 0.271 e. The average Bonchev–Trinajstić information content (AvgIpc) is 2.83. The monoisotopic (exact) mass is 314 g/mol. The molecule has 0 aliphatic carbocycles. The average molecular weight is 315 g/mol. The summed E-state index contributed by atoms with van der Waals surface area (Å²) in [4.78, 5) is 0. The van der Waals surface area contributed by atoms with Gasteiger partial charge >= 0.3 is 0 Å². The molecule has 2 nitrogen and oxygen atoms in total. The Morgan fingerprint density at radius 3 is 2.63 bits per heavy atom. The summed E-state index contributed by atoms with van der Waals surface area (Å²) in [6.45, 7) is 3.02. The van der Waals surface area contributed by atoms with Crippen LogP contribution in [0.1, 0.15) is 11.1 Å². The van der Waals surface area contributed by atoms with Crippen molar-refractivity contribution in [3.8, 4) is 0 Å². The molecule has 1 heterocycles. The first-order valence-corrected chi connectivity index (χ1v) is 7.19. The second kappa shape index (κ2) is 5.17. The molecule has 0 unspecified atom stereocenters. The van der Waals surface area contributed by atoms with Gasteiger partial charge in [-0.3, -0.25) is 4.68 Å². The van der Waals surface area contributed by atoms with E-state index in [-0.39, 0.29) is 0 Å². The van der Waals surface area contributed by atoms with E-state index in [0.717, 1.165) is 23.0 Å². The molecule has 2 aromatic carbocycles. The van der Waals surface area contributed by atoms with Crippen LogP contribution in [0.3, 0.4) is 0 Å². The summed E-state index contributed by atoms with van der Waals surface area (Å²) in [7, 11) is 0. The zero-order valence-electron chi connectivity index (χ0n) is 10.8. The van der Waals surface area contributed by atoms with Gasteiger partial charge in [0, 0.05) is 22.6 Å². The van der Waals surface area contributed by atoms with Crippen LogP contribution in [0.25, 0.3) is 10.9 Å². The molecule has 3 rings (SSSR count). The summed E-state index contributed by atoms with van der Waals surface area (Å²) in [6.07, 6.45) is 3.11. The van der Waals surface area contributed by atoms with E-state index < -0.39 is 0 Å². The Kier molecular flexibility index (Phi) is 3.38. The predicted molar refractivity (Wildman–Crippen MR) is 82.3 cm³/mol. The summed E-state index contributed by atoms with van der Waals surface area (Å²) in [5, 5.41) is 5.77. The lowest BCUT2D eigenvalue weighted by Gasteiger charge is -2.02. The van der Waals surface area contributed by atoms with Crippen LogP contribution < -0.4 is 0 Å². The summed E-state index contributed by atoms with van der Waals surface area (Å²) < 4.78 is 3.13. The Morgan fingerprint density at radius 1 is 1.11 bits per heavy atom. The van der Waals surface area contributed by atoms with E-state index in [9.17, 15) is 0 Å². The highest BCUT2D eigenvalue weighted by atomic mass is 79.9. The number of nitrogens with zero attached hydrogens (tertiary/aromatic N) is 2. The van der Waals surface area contributed by atoms with Crippen LogP contribution in [0.4, 0.5) is 0 Å². The van der Waals surface area contributed by atoms with E-state index in [1.54, 1.807) is 0 Å². The number of benzene rings is 2. The first kappa shape index (κ1) is 12.4. The van der Waals surface area contributed by atoms with Gasteiger partial charge < -0.3 is 0 Å². The van der Waals surface area contributed by atoms with E-state index in [4.69, 9.17) is 0 Å². The summed E-state index contributed by atoms with van der Waals surface area (Å²) >= 11 is 3.56. The summed E-state index contributed by atoms with van der Waals surface area (Å²) in [5.41, 5.74) is 3.69. The third-order valence-corrected chi connectivity index (χ3v) is 3.99. The van der Waals surface area contributed by atoms with Crippen molar-refractivity contribution in [2.45, 2.75) is 19.9 Å². The highest BCUT2D eigenvalue weighted by Gasteiger charge is 2.03. The van der Waals surface area contributed by atoms with Gasteiger partial charge in [0.25, 0.3) is 0 Å². The maximum atomic E-state index is 4.59. The molecule has 0 saturated heterocycles. The van der Waals surface area contributed by atoms with Gasteiger partial charge in [0.15, 0.2) is 0 Å². The molecule has 0 aliphatic heterocycles. The van der Waals surface area contributed by atoms with Crippen LogP contribution in [0.2, 0.25) is 0 Å².